The number of aryl methyl sites for hydroxylation is 1. The van der Waals surface area contributed by atoms with E-state index in [0.29, 0.717) is 10.9 Å². The molecular formula is C8H13ClN4. The molecule has 3 N–H and O–H groups in total. The zero-order chi connectivity index (χ0) is 9.42. The zero-order valence-corrected chi connectivity index (χ0v) is 8.25. The maximum atomic E-state index is 6.01. The Bertz CT molecular complexity index is 286. The van der Waals surface area contributed by atoms with Gasteiger partial charge in [0, 0.05) is 7.05 Å². The zero-order valence-electron chi connectivity index (χ0n) is 7.50. The van der Waals surface area contributed by atoms with Gasteiger partial charge in [0.25, 0.3) is 0 Å². The monoisotopic (exact) mass is 200 g/mol. The van der Waals surface area contributed by atoms with Crippen molar-refractivity contribution >= 4 is 11.6 Å². The maximum Gasteiger partial charge on any atom is 0.0834 e. The molecule has 72 valence electrons. The lowest BCUT2D eigenvalue weighted by Gasteiger charge is -2.15. The van der Waals surface area contributed by atoms with Crippen molar-refractivity contribution in [3.63, 3.8) is 0 Å². The van der Waals surface area contributed by atoms with Gasteiger partial charge in [-0.05, 0) is 18.8 Å². The highest BCUT2D eigenvalue weighted by molar-refractivity contribution is 6.31. The van der Waals surface area contributed by atoms with Crippen molar-refractivity contribution in [2.75, 3.05) is 0 Å². The third kappa shape index (κ3) is 1.57. The highest BCUT2D eigenvalue weighted by atomic mass is 35.5. The minimum atomic E-state index is 0.153. The van der Waals surface area contributed by atoms with Crippen LogP contribution in [0.1, 0.15) is 24.6 Å². The third-order valence-electron chi connectivity index (χ3n) is 2.51. The molecule has 1 atom stereocenters. The summed E-state index contributed by atoms with van der Waals surface area (Å²) >= 11 is 6.01. The van der Waals surface area contributed by atoms with Gasteiger partial charge < -0.3 is 0 Å². The van der Waals surface area contributed by atoms with Crippen molar-refractivity contribution in [2.24, 2.45) is 18.8 Å². The van der Waals surface area contributed by atoms with Gasteiger partial charge in [0.2, 0.25) is 0 Å². The number of nitrogens with zero attached hydrogens (tertiary/aromatic N) is 2. The van der Waals surface area contributed by atoms with Gasteiger partial charge >= 0.3 is 0 Å². The van der Waals surface area contributed by atoms with Gasteiger partial charge in [-0.1, -0.05) is 11.6 Å². The molecule has 5 heteroatoms. The Hall–Kier alpha value is -0.580. The van der Waals surface area contributed by atoms with Crippen molar-refractivity contribution in [2.45, 2.75) is 18.9 Å². The molecule has 4 nitrogen and oxygen atoms in total. The fourth-order valence-corrected chi connectivity index (χ4v) is 1.92. The number of nitrogens with one attached hydrogen (secondary N) is 1. The molecule has 0 radical (unpaired) electrons. The van der Waals surface area contributed by atoms with E-state index in [1.807, 2.05) is 7.05 Å². The Morgan fingerprint density at radius 1 is 1.77 bits per heavy atom. The van der Waals surface area contributed by atoms with Crippen LogP contribution in [0.3, 0.4) is 0 Å². The molecule has 1 unspecified atom stereocenters. The molecule has 1 aromatic rings. The Morgan fingerprint density at radius 2 is 2.46 bits per heavy atom. The largest absolute Gasteiger partial charge is 0.271 e. The van der Waals surface area contributed by atoms with Gasteiger partial charge in [0.15, 0.2) is 0 Å². The number of hydrazine groups is 1. The van der Waals surface area contributed by atoms with E-state index < -0.39 is 0 Å². The maximum absolute atomic E-state index is 6.01. The Labute approximate surface area is 82.0 Å². The molecule has 0 saturated heterocycles. The highest BCUT2D eigenvalue weighted by Gasteiger charge is 2.34. The first kappa shape index (κ1) is 8.99. The summed E-state index contributed by atoms with van der Waals surface area (Å²) in [6.45, 7) is 0. The first-order valence-electron chi connectivity index (χ1n) is 4.37. The van der Waals surface area contributed by atoms with Crippen LogP contribution < -0.4 is 11.3 Å². The Morgan fingerprint density at radius 3 is 2.85 bits per heavy atom. The topological polar surface area (TPSA) is 55.9 Å². The van der Waals surface area contributed by atoms with Crippen molar-refractivity contribution < 1.29 is 0 Å². The summed E-state index contributed by atoms with van der Waals surface area (Å²) in [5, 5.41) is 4.78. The Balaban J connectivity index is 2.30. The van der Waals surface area contributed by atoms with Gasteiger partial charge in [-0.3, -0.25) is 16.0 Å². The van der Waals surface area contributed by atoms with Crippen LogP contribution in [-0.4, -0.2) is 9.78 Å². The van der Waals surface area contributed by atoms with Crippen molar-refractivity contribution in [3.05, 3.63) is 16.9 Å². The molecule has 1 saturated carbocycles. The van der Waals surface area contributed by atoms with Crippen LogP contribution in [0.2, 0.25) is 5.02 Å². The second kappa shape index (κ2) is 3.29. The van der Waals surface area contributed by atoms with Crippen molar-refractivity contribution in [1.29, 1.82) is 0 Å². The standard InChI is InChI=1S/C8H13ClN4/c1-13-8(6(9)4-11-13)7(12-10)5-2-3-5/h4-5,7,12H,2-3,10H2,1H3. The van der Waals surface area contributed by atoms with Gasteiger partial charge in [-0.25, -0.2) is 0 Å². The predicted octanol–water partition coefficient (Wildman–Crippen LogP) is 0.988. The minimum Gasteiger partial charge on any atom is -0.271 e. The van der Waals surface area contributed by atoms with E-state index in [1.165, 1.54) is 12.8 Å². The summed E-state index contributed by atoms with van der Waals surface area (Å²) in [6, 6.07) is 0.153. The quantitative estimate of drug-likeness (QED) is 0.565. The van der Waals surface area contributed by atoms with Crippen LogP contribution in [0.5, 0.6) is 0 Å². The van der Waals surface area contributed by atoms with E-state index >= 15 is 0 Å². The lowest BCUT2D eigenvalue weighted by Crippen LogP contribution is -2.31. The van der Waals surface area contributed by atoms with E-state index in [9.17, 15) is 0 Å². The van der Waals surface area contributed by atoms with Crippen LogP contribution in [0.4, 0.5) is 0 Å². The molecule has 1 aromatic heterocycles. The average Bonchev–Trinajstić information content (AvgIpc) is 2.88. The van der Waals surface area contributed by atoms with Crippen LogP contribution in [0, 0.1) is 5.92 Å². The molecule has 1 heterocycles. The van der Waals surface area contributed by atoms with E-state index in [2.05, 4.69) is 10.5 Å². The summed E-state index contributed by atoms with van der Waals surface area (Å²) in [5.74, 6) is 6.12. The molecule has 1 fully saturated rings. The van der Waals surface area contributed by atoms with Crippen molar-refractivity contribution in [3.8, 4) is 0 Å². The van der Waals surface area contributed by atoms with Crippen LogP contribution >= 0.6 is 11.6 Å². The second-order valence-corrected chi connectivity index (χ2v) is 3.89. The van der Waals surface area contributed by atoms with Gasteiger partial charge in [-0.2, -0.15) is 5.10 Å². The van der Waals surface area contributed by atoms with Crippen molar-refractivity contribution in [1.82, 2.24) is 15.2 Å². The van der Waals surface area contributed by atoms with Gasteiger partial charge in [-0.15, -0.1) is 0 Å². The fraction of sp³-hybridized carbons (Fsp3) is 0.625. The van der Waals surface area contributed by atoms with Gasteiger partial charge in [0.05, 0.1) is 23.0 Å². The number of rotatable bonds is 3. The first-order valence-corrected chi connectivity index (χ1v) is 4.75. The normalized spacial score (nSPS) is 19.0. The summed E-state index contributed by atoms with van der Waals surface area (Å²) in [7, 11) is 1.88. The predicted molar refractivity (Wildman–Crippen MR) is 51.0 cm³/mol. The molecule has 0 aromatic carbocycles. The molecule has 13 heavy (non-hydrogen) atoms. The van der Waals surface area contributed by atoms with E-state index in [0.717, 1.165) is 5.69 Å². The summed E-state index contributed by atoms with van der Waals surface area (Å²) in [5.41, 5.74) is 3.80. The number of halogens is 1. The molecule has 0 aliphatic heterocycles. The van der Waals surface area contributed by atoms with E-state index in [-0.39, 0.29) is 6.04 Å². The Kier molecular flexibility index (Phi) is 2.27. The van der Waals surface area contributed by atoms with E-state index in [1.54, 1.807) is 10.9 Å². The SMILES string of the molecule is Cn1ncc(Cl)c1C(NN)C1CC1. The molecule has 2 rings (SSSR count). The third-order valence-corrected chi connectivity index (χ3v) is 2.80. The average molecular weight is 201 g/mol. The summed E-state index contributed by atoms with van der Waals surface area (Å²) in [4.78, 5) is 0. The number of hydrogen-bond acceptors (Lipinski definition) is 3. The molecule has 1 aliphatic carbocycles. The number of aromatic nitrogens is 2. The summed E-state index contributed by atoms with van der Waals surface area (Å²) < 4.78 is 1.78. The first-order chi connectivity index (χ1) is 6.24. The minimum absolute atomic E-state index is 0.153. The second-order valence-electron chi connectivity index (χ2n) is 3.48. The highest BCUT2D eigenvalue weighted by Crippen LogP contribution is 2.42. The van der Waals surface area contributed by atoms with Gasteiger partial charge in [0.1, 0.15) is 0 Å². The lowest BCUT2D eigenvalue weighted by atomic mass is 10.1. The molecular weight excluding hydrogens is 188 g/mol. The van der Waals surface area contributed by atoms with Crippen LogP contribution in [-0.2, 0) is 7.05 Å². The number of nitrogens with two attached hydrogens (primary N) is 1. The van der Waals surface area contributed by atoms with E-state index in [4.69, 9.17) is 17.4 Å². The summed E-state index contributed by atoms with van der Waals surface area (Å²) in [6.07, 6.45) is 4.09. The lowest BCUT2D eigenvalue weighted by molar-refractivity contribution is 0.462. The number of hydrogen-bond donors (Lipinski definition) is 2. The molecule has 1 aliphatic rings. The van der Waals surface area contributed by atoms with Crippen LogP contribution in [0.25, 0.3) is 0 Å². The van der Waals surface area contributed by atoms with Crippen LogP contribution in [0.15, 0.2) is 6.20 Å². The fourth-order valence-electron chi connectivity index (χ4n) is 1.64. The smallest absolute Gasteiger partial charge is 0.0834 e. The molecule has 0 bridgehead atoms. The molecule has 0 spiro atoms. The molecule has 0 amide bonds.